The van der Waals surface area contributed by atoms with Gasteiger partial charge in [-0.2, -0.15) is 4.98 Å². The Bertz CT molecular complexity index is 634. The lowest BCUT2D eigenvalue weighted by Gasteiger charge is -2.35. The second-order valence-electron chi connectivity index (χ2n) is 5.49. The fraction of sp³-hybridized carbons (Fsp3) is 0.429. The van der Waals surface area contributed by atoms with Crippen molar-refractivity contribution in [3.8, 4) is 11.4 Å². The maximum atomic E-state index is 6.13. The molecule has 0 saturated carbocycles. The third-order valence-electron chi connectivity index (χ3n) is 3.51. The Kier molecular flexibility index (Phi) is 4.19. The van der Waals surface area contributed by atoms with E-state index in [1.165, 1.54) is 0 Å². The third kappa shape index (κ3) is 3.22. The largest absolute Gasteiger partial charge is 0.336 e. The lowest BCUT2D eigenvalue weighted by atomic mass is 10.1. The van der Waals surface area contributed by atoms with E-state index in [0.717, 1.165) is 34.9 Å². The molecule has 0 aliphatic carbocycles. The molecule has 2 unspecified atom stereocenters. The predicted octanol–water partition coefficient (Wildman–Crippen LogP) is 3.07. The zero-order valence-electron chi connectivity index (χ0n) is 11.9. The fourth-order valence-electron chi connectivity index (χ4n) is 2.66. The van der Waals surface area contributed by atoms with Crippen molar-refractivity contribution < 1.29 is 0 Å². The smallest absolute Gasteiger partial charge is 0.245 e. The minimum absolute atomic E-state index is 0.429. The van der Waals surface area contributed by atoms with Gasteiger partial charge in [-0.05, 0) is 48.0 Å². The Morgan fingerprint density at radius 3 is 2.67 bits per heavy atom. The quantitative estimate of drug-likeness (QED) is 0.853. The van der Waals surface area contributed by atoms with Gasteiger partial charge in [-0.25, -0.2) is 0 Å². The lowest BCUT2D eigenvalue weighted by molar-refractivity contribution is 0.403. The lowest BCUT2D eigenvalue weighted by Crippen LogP contribution is -2.54. The number of aromatic amines is 1. The maximum absolute atomic E-state index is 6.13. The van der Waals surface area contributed by atoms with Gasteiger partial charge in [0.1, 0.15) is 0 Å². The number of nitrogens with one attached hydrogen (secondary N) is 2. The summed E-state index contributed by atoms with van der Waals surface area (Å²) in [5, 5.41) is 11.5. The summed E-state index contributed by atoms with van der Waals surface area (Å²) in [5.74, 6) is 1.47. The molecule has 2 N–H and O–H groups in total. The van der Waals surface area contributed by atoms with Gasteiger partial charge in [0, 0.05) is 35.2 Å². The van der Waals surface area contributed by atoms with Crippen molar-refractivity contribution in [2.45, 2.75) is 25.9 Å². The van der Waals surface area contributed by atoms with E-state index >= 15 is 0 Å². The highest BCUT2D eigenvalue weighted by Gasteiger charge is 2.23. The highest BCUT2D eigenvalue weighted by atomic mass is 79.9. The first-order valence-electron chi connectivity index (χ1n) is 6.92. The summed E-state index contributed by atoms with van der Waals surface area (Å²) in [6, 6.07) is 6.60. The zero-order valence-corrected chi connectivity index (χ0v) is 14.2. The highest BCUT2D eigenvalue weighted by molar-refractivity contribution is 9.10. The van der Waals surface area contributed by atoms with Crippen LogP contribution in [-0.4, -0.2) is 40.4 Å². The first-order valence-corrected chi connectivity index (χ1v) is 8.09. The molecule has 112 valence electrons. The van der Waals surface area contributed by atoms with Crippen molar-refractivity contribution in [1.82, 2.24) is 20.5 Å². The Morgan fingerprint density at radius 2 is 2.00 bits per heavy atom. The van der Waals surface area contributed by atoms with Crippen LogP contribution in [-0.2, 0) is 0 Å². The van der Waals surface area contributed by atoms with Crippen LogP contribution in [0.4, 0.5) is 5.95 Å². The summed E-state index contributed by atoms with van der Waals surface area (Å²) in [6.07, 6.45) is 0. The van der Waals surface area contributed by atoms with E-state index in [1.807, 2.05) is 18.2 Å². The number of anilines is 1. The van der Waals surface area contributed by atoms with Crippen LogP contribution >= 0.6 is 27.5 Å². The Hall–Kier alpha value is -1.11. The molecule has 1 saturated heterocycles. The molecule has 1 fully saturated rings. The zero-order chi connectivity index (χ0) is 15.0. The number of benzene rings is 1. The number of hydrogen-bond acceptors (Lipinski definition) is 4. The van der Waals surface area contributed by atoms with E-state index in [2.05, 4.69) is 55.2 Å². The summed E-state index contributed by atoms with van der Waals surface area (Å²) in [7, 11) is 0. The topological polar surface area (TPSA) is 56.8 Å². The van der Waals surface area contributed by atoms with Crippen LogP contribution in [0.2, 0.25) is 5.02 Å². The van der Waals surface area contributed by atoms with Crippen LogP contribution in [0.25, 0.3) is 11.4 Å². The number of nitrogens with zero attached hydrogens (tertiary/aromatic N) is 3. The molecule has 7 heteroatoms. The first kappa shape index (κ1) is 14.8. The summed E-state index contributed by atoms with van der Waals surface area (Å²) in [6.45, 7) is 6.15. The number of H-pyrrole nitrogens is 1. The standard InChI is InChI=1S/C14H17BrClN5/c1-8-6-21(7-9(2)17-8)14-18-13(19-20-14)10-3-4-11(15)12(16)5-10/h3-5,8-9,17H,6-7H2,1-2H3,(H,18,19,20). The molecule has 2 heterocycles. The normalized spacial score (nSPS) is 22.6. The van der Waals surface area contributed by atoms with E-state index in [0.29, 0.717) is 17.1 Å². The van der Waals surface area contributed by atoms with Crippen LogP contribution in [0, 0.1) is 0 Å². The summed E-state index contributed by atoms with van der Waals surface area (Å²) in [5.41, 5.74) is 0.929. The van der Waals surface area contributed by atoms with Gasteiger partial charge in [0.2, 0.25) is 5.95 Å². The van der Waals surface area contributed by atoms with Crippen LogP contribution in [0.15, 0.2) is 22.7 Å². The molecular weight excluding hydrogens is 354 g/mol. The van der Waals surface area contributed by atoms with Crippen molar-refractivity contribution in [1.29, 1.82) is 0 Å². The van der Waals surface area contributed by atoms with Gasteiger partial charge in [0.25, 0.3) is 0 Å². The summed E-state index contributed by atoms with van der Waals surface area (Å²) in [4.78, 5) is 6.80. The van der Waals surface area contributed by atoms with Crippen molar-refractivity contribution in [2.75, 3.05) is 18.0 Å². The molecule has 1 aliphatic heterocycles. The van der Waals surface area contributed by atoms with Crippen LogP contribution in [0.5, 0.6) is 0 Å². The number of halogens is 2. The van der Waals surface area contributed by atoms with Crippen molar-refractivity contribution in [2.24, 2.45) is 0 Å². The average molecular weight is 371 g/mol. The second kappa shape index (κ2) is 5.94. The molecule has 2 aromatic rings. The van der Waals surface area contributed by atoms with Crippen LogP contribution < -0.4 is 10.2 Å². The van der Waals surface area contributed by atoms with E-state index in [4.69, 9.17) is 11.6 Å². The molecule has 2 atom stereocenters. The van der Waals surface area contributed by atoms with Gasteiger partial charge in [-0.3, -0.25) is 5.10 Å². The van der Waals surface area contributed by atoms with Gasteiger partial charge < -0.3 is 10.2 Å². The van der Waals surface area contributed by atoms with Crippen molar-refractivity contribution in [3.05, 3.63) is 27.7 Å². The molecule has 3 rings (SSSR count). The molecule has 0 spiro atoms. The van der Waals surface area contributed by atoms with Gasteiger partial charge in [0.15, 0.2) is 5.82 Å². The van der Waals surface area contributed by atoms with Gasteiger partial charge in [-0.15, -0.1) is 5.10 Å². The minimum Gasteiger partial charge on any atom is -0.336 e. The van der Waals surface area contributed by atoms with Crippen molar-refractivity contribution in [3.63, 3.8) is 0 Å². The summed E-state index contributed by atoms with van der Waals surface area (Å²) >= 11 is 9.52. The molecule has 1 aliphatic rings. The first-order chi connectivity index (χ1) is 10.0. The van der Waals surface area contributed by atoms with Crippen LogP contribution in [0.3, 0.4) is 0 Å². The average Bonchev–Trinajstić information content (AvgIpc) is 2.90. The second-order valence-corrected chi connectivity index (χ2v) is 6.75. The highest BCUT2D eigenvalue weighted by Crippen LogP contribution is 2.28. The van der Waals surface area contributed by atoms with E-state index in [-0.39, 0.29) is 0 Å². The third-order valence-corrected chi connectivity index (χ3v) is 4.74. The SMILES string of the molecule is CC1CN(c2n[nH]c(-c3ccc(Br)c(Cl)c3)n2)CC(C)N1. The maximum Gasteiger partial charge on any atom is 0.245 e. The van der Waals surface area contributed by atoms with Gasteiger partial charge in [0.05, 0.1) is 5.02 Å². The molecule has 21 heavy (non-hydrogen) atoms. The molecular formula is C14H17BrClN5. The number of hydrogen-bond donors (Lipinski definition) is 2. The van der Waals surface area contributed by atoms with E-state index in [9.17, 15) is 0 Å². The van der Waals surface area contributed by atoms with Crippen molar-refractivity contribution >= 4 is 33.5 Å². The predicted molar refractivity (Wildman–Crippen MR) is 88.8 cm³/mol. The van der Waals surface area contributed by atoms with Crippen LogP contribution in [0.1, 0.15) is 13.8 Å². The molecule has 0 radical (unpaired) electrons. The monoisotopic (exact) mass is 369 g/mol. The molecule has 0 bridgehead atoms. The molecule has 1 aromatic heterocycles. The van der Waals surface area contributed by atoms with E-state index < -0.39 is 0 Å². The Morgan fingerprint density at radius 1 is 1.29 bits per heavy atom. The van der Waals surface area contributed by atoms with Gasteiger partial charge >= 0.3 is 0 Å². The number of rotatable bonds is 2. The molecule has 5 nitrogen and oxygen atoms in total. The fourth-order valence-corrected chi connectivity index (χ4v) is 3.08. The number of piperazine rings is 1. The number of aromatic nitrogens is 3. The Labute approximate surface area is 137 Å². The molecule has 0 amide bonds. The summed E-state index contributed by atoms with van der Waals surface area (Å²) < 4.78 is 0.873. The van der Waals surface area contributed by atoms with Gasteiger partial charge in [-0.1, -0.05) is 11.6 Å². The van der Waals surface area contributed by atoms with E-state index in [1.54, 1.807) is 0 Å². The minimum atomic E-state index is 0.429. The molecule has 1 aromatic carbocycles. The Balaban J connectivity index is 1.84.